The smallest absolute Gasteiger partial charge is 0.270 e. The second kappa shape index (κ2) is 8.47. The number of nitro benzene ring substituents is 1. The maximum absolute atomic E-state index is 11.9. The predicted molar refractivity (Wildman–Crippen MR) is 105 cm³/mol. The van der Waals surface area contributed by atoms with Crippen molar-refractivity contribution in [1.82, 2.24) is 4.90 Å². The van der Waals surface area contributed by atoms with Crippen LogP contribution in [0.5, 0.6) is 0 Å². The minimum Gasteiger partial charge on any atom is -0.382 e. The highest BCUT2D eigenvalue weighted by atomic mass is 32.2. The molecule has 146 valence electrons. The van der Waals surface area contributed by atoms with Gasteiger partial charge in [-0.3, -0.25) is 10.1 Å². The molecule has 1 atom stereocenters. The second-order valence-electron chi connectivity index (χ2n) is 6.44. The summed E-state index contributed by atoms with van der Waals surface area (Å²) >= 11 is 0. The number of non-ortho nitro benzene ring substituents is 1. The summed E-state index contributed by atoms with van der Waals surface area (Å²) in [7, 11) is -0.258. The summed E-state index contributed by atoms with van der Waals surface area (Å²) in [4.78, 5) is 12.0. The van der Waals surface area contributed by atoms with Crippen LogP contribution in [-0.4, -0.2) is 38.9 Å². The number of likely N-dealkylation sites (N-methyl/N-ethyl adjacent to an activating group) is 1. The van der Waals surface area contributed by atoms with E-state index >= 15 is 0 Å². The molecule has 0 fully saturated rings. The molecule has 0 aliphatic rings. The van der Waals surface area contributed by atoms with Crippen molar-refractivity contribution in [3.05, 3.63) is 63.7 Å². The molecule has 0 aliphatic carbocycles. The fourth-order valence-electron chi connectivity index (χ4n) is 2.79. The molecule has 0 spiro atoms. The summed E-state index contributed by atoms with van der Waals surface area (Å²) in [6.45, 7) is 2.49. The first-order chi connectivity index (χ1) is 12.6. The van der Waals surface area contributed by atoms with Gasteiger partial charge in [-0.25, -0.2) is 13.6 Å². The first-order valence-corrected chi connectivity index (χ1v) is 9.98. The molecule has 0 saturated carbocycles. The number of aryl methyl sites for hydroxylation is 1. The third kappa shape index (κ3) is 5.25. The number of nitro groups is 1. The van der Waals surface area contributed by atoms with Gasteiger partial charge in [-0.15, -0.1) is 0 Å². The third-order valence-corrected chi connectivity index (χ3v) is 5.32. The molecule has 0 heterocycles. The average molecular weight is 392 g/mol. The number of sulfonamides is 1. The van der Waals surface area contributed by atoms with E-state index in [-0.39, 0.29) is 22.3 Å². The molecule has 27 heavy (non-hydrogen) atoms. The molecule has 1 unspecified atom stereocenters. The highest BCUT2D eigenvalue weighted by Gasteiger charge is 2.21. The minimum atomic E-state index is -4.11. The second-order valence-corrected chi connectivity index (χ2v) is 7.97. The molecule has 0 radical (unpaired) electrons. The number of nitrogens with one attached hydrogen (secondary N) is 1. The lowest BCUT2D eigenvalue weighted by molar-refractivity contribution is -0.385. The van der Waals surface area contributed by atoms with E-state index < -0.39 is 14.9 Å². The molecule has 0 aliphatic heterocycles. The average Bonchev–Trinajstić information content (AvgIpc) is 2.61. The van der Waals surface area contributed by atoms with Gasteiger partial charge < -0.3 is 10.2 Å². The Morgan fingerprint density at radius 3 is 2.30 bits per heavy atom. The van der Waals surface area contributed by atoms with Crippen LogP contribution in [0.1, 0.15) is 24.1 Å². The van der Waals surface area contributed by atoms with Crippen LogP contribution in [0.3, 0.4) is 0 Å². The van der Waals surface area contributed by atoms with Gasteiger partial charge in [0.25, 0.3) is 5.69 Å². The Morgan fingerprint density at radius 1 is 1.19 bits per heavy atom. The Morgan fingerprint density at radius 2 is 1.81 bits per heavy atom. The van der Waals surface area contributed by atoms with Crippen LogP contribution in [-0.2, 0) is 16.4 Å². The van der Waals surface area contributed by atoms with Gasteiger partial charge >= 0.3 is 0 Å². The van der Waals surface area contributed by atoms with E-state index in [4.69, 9.17) is 5.14 Å². The number of rotatable bonds is 8. The normalized spacial score (nSPS) is 12.8. The molecule has 0 aromatic heterocycles. The van der Waals surface area contributed by atoms with E-state index in [0.29, 0.717) is 6.54 Å². The largest absolute Gasteiger partial charge is 0.382 e. The Bertz CT molecular complexity index is 911. The Hall–Kier alpha value is -2.49. The third-order valence-electron chi connectivity index (χ3n) is 4.36. The minimum absolute atomic E-state index is 0.0283. The van der Waals surface area contributed by atoms with Gasteiger partial charge in [-0.2, -0.15) is 0 Å². The van der Waals surface area contributed by atoms with Crippen LogP contribution in [0.25, 0.3) is 0 Å². The van der Waals surface area contributed by atoms with Gasteiger partial charge in [0.1, 0.15) is 4.90 Å². The lowest BCUT2D eigenvalue weighted by Crippen LogP contribution is -2.27. The zero-order valence-electron chi connectivity index (χ0n) is 15.5. The van der Waals surface area contributed by atoms with Crippen molar-refractivity contribution in [2.75, 3.05) is 26.0 Å². The van der Waals surface area contributed by atoms with Crippen LogP contribution in [0, 0.1) is 10.1 Å². The van der Waals surface area contributed by atoms with Crippen molar-refractivity contribution in [1.29, 1.82) is 0 Å². The number of hydrogen-bond donors (Lipinski definition) is 2. The van der Waals surface area contributed by atoms with Crippen LogP contribution in [0.4, 0.5) is 11.4 Å². The molecule has 2 aromatic carbocycles. The summed E-state index contributed by atoms with van der Waals surface area (Å²) in [5, 5.41) is 19.2. The number of benzene rings is 2. The van der Waals surface area contributed by atoms with Crippen LogP contribution in [0.2, 0.25) is 0 Å². The van der Waals surface area contributed by atoms with Crippen molar-refractivity contribution in [3.8, 4) is 0 Å². The van der Waals surface area contributed by atoms with Crippen molar-refractivity contribution >= 4 is 21.4 Å². The number of nitrogens with zero attached hydrogens (tertiary/aromatic N) is 2. The summed E-state index contributed by atoms with van der Waals surface area (Å²) in [6.07, 6.45) is 0.950. The van der Waals surface area contributed by atoms with E-state index in [1.54, 1.807) is 0 Å². The molecule has 2 rings (SSSR count). The van der Waals surface area contributed by atoms with Gasteiger partial charge in [-0.05, 0) is 37.7 Å². The Balaban J connectivity index is 2.30. The lowest BCUT2D eigenvalue weighted by Gasteiger charge is -2.26. The van der Waals surface area contributed by atoms with Crippen molar-refractivity contribution < 1.29 is 13.3 Å². The van der Waals surface area contributed by atoms with Crippen LogP contribution < -0.4 is 10.5 Å². The lowest BCUT2D eigenvalue weighted by atomic mass is 10.0. The molecular formula is C18H24N4O4S. The fourth-order valence-corrected chi connectivity index (χ4v) is 3.52. The zero-order chi connectivity index (χ0) is 20.2. The van der Waals surface area contributed by atoms with Gasteiger partial charge in [0, 0.05) is 18.7 Å². The van der Waals surface area contributed by atoms with Crippen molar-refractivity contribution in [2.24, 2.45) is 5.14 Å². The zero-order valence-corrected chi connectivity index (χ0v) is 16.4. The molecule has 0 saturated heterocycles. The first kappa shape index (κ1) is 20.8. The predicted octanol–water partition coefficient (Wildman–Crippen LogP) is 2.52. The standard InChI is InChI=1S/C18H24N4O4S/c1-4-13-5-7-14(8-6-13)17(21(2)3)12-20-16-10-9-15(22(23)24)11-18(16)27(19,25)26/h5-11,17,20H,4,12H2,1-3H3,(H2,19,25,26). The number of nitrogens with two attached hydrogens (primary N) is 1. The quantitative estimate of drug-likeness (QED) is 0.526. The number of primary sulfonamides is 1. The highest BCUT2D eigenvalue weighted by molar-refractivity contribution is 7.89. The summed E-state index contributed by atoms with van der Waals surface area (Å²) < 4.78 is 23.7. The van der Waals surface area contributed by atoms with E-state index in [1.165, 1.54) is 17.7 Å². The van der Waals surface area contributed by atoms with Gasteiger partial charge in [0.2, 0.25) is 10.0 Å². The Kier molecular flexibility index (Phi) is 6.53. The topological polar surface area (TPSA) is 119 Å². The van der Waals surface area contributed by atoms with E-state index in [2.05, 4.69) is 24.4 Å². The maximum atomic E-state index is 11.9. The van der Waals surface area contributed by atoms with Crippen molar-refractivity contribution in [2.45, 2.75) is 24.3 Å². The maximum Gasteiger partial charge on any atom is 0.270 e. The van der Waals surface area contributed by atoms with E-state index in [0.717, 1.165) is 18.1 Å². The number of hydrogen-bond acceptors (Lipinski definition) is 6. The fraction of sp³-hybridized carbons (Fsp3) is 0.333. The molecule has 0 amide bonds. The number of anilines is 1. The molecule has 0 bridgehead atoms. The highest BCUT2D eigenvalue weighted by Crippen LogP contribution is 2.27. The first-order valence-electron chi connectivity index (χ1n) is 8.44. The summed E-state index contributed by atoms with van der Waals surface area (Å²) in [6, 6.07) is 11.8. The van der Waals surface area contributed by atoms with Gasteiger partial charge in [-0.1, -0.05) is 31.2 Å². The Labute approximate surface area is 159 Å². The van der Waals surface area contributed by atoms with Crippen LogP contribution >= 0.6 is 0 Å². The van der Waals surface area contributed by atoms with Crippen LogP contribution in [0.15, 0.2) is 47.4 Å². The summed E-state index contributed by atoms with van der Waals surface area (Å²) in [5.41, 5.74) is 2.21. The monoisotopic (exact) mass is 392 g/mol. The van der Waals surface area contributed by atoms with E-state index in [1.807, 2.05) is 31.1 Å². The van der Waals surface area contributed by atoms with Crippen molar-refractivity contribution in [3.63, 3.8) is 0 Å². The molecule has 3 N–H and O–H groups in total. The molecular weight excluding hydrogens is 368 g/mol. The SMILES string of the molecule is CCc1ccc(C(CNc2ccc([N+](=O)[O-])cc2S(N)(=O)=O)N(C)C)cc1. The summed E-state index contributed by atoms with van der Waals surface area (Å²) in [5.74, 6) is 0. The van der Waals surface area contributed by atoms with Gasteiger partial charge in [0.15, 0.2) is 0 Å². The van der Waals surface area contributed by atoms with Gasteiger partial charge in [0.05, 0.1) is 16.7 Å². The molecule has 8 nitrogen and oxygen atoms in total. The van der Waals surface area contributed by atoms with E-state index in [9.17, 15) is 18.5 Å². The molecule has 9 heteroatoms. The molecule has 2 aromatic rings.